The van der Waals surface area contributed by atoms with E-state index in [-0.39, 0.29) is 0 Å². The summed E-state index contributed by atoms with van der Waals surface area (Å²) in [5.41, 5.74) is 2.53. The Morgan fingerprint density at radius 3 is 2.91 bits per heavy atom. The highest BCUT2D eigenvalue weighted by molar-refractivity contribution is 7.09. The zero-order chi connectivity index (χ0) is 16.1. The van der Waals surface area contributed by atoms with E-state index in [9.17, 15) is 5.11 Å². The lowest BCUT2D eigenvalue weighted by molar-refractivity contribution is 0.177. The second-order valence-corrected chi connectivity index (χ2v) is 7.56. The molecule has 0 amide bonds. The first-order valence-electron chi connectivity index (χ1n) is 8.84. The highest BCUT2D eigenvalue weighted by atomic mass is 32.1. The van der Waals surface area contributed by atoms with Gasteiger partial charge in [0.05, 0.1) is 0 Å². The standard InChI is InChI=1S/C20H27NOS/c1-2-12-21(13-4-7-18-8-5-14-23-18)17-10-11-19-16(15-17)6-3-9-20(19)22/h3,5-6,8-9,14,17,22H,2,4,7,10-13,15H2,1H3/t17-/m0/s1. The second kappa shape index (κ2) is 7.98. The molecule has 0 bridgehead atoms. The molecule has 1 atom stereocenters. The van der Waals surface area contributed by atoms with E-state index in [1.54, 1.807) is 0 Å². The van der Waals surface area contributed by atoms with Gasteiger partial charge in [0.2, 0.25) is 0 Å². The Bertz CT molecular complexity index is 608. The van der Waals surface area contributed by atoms with Gasteiger partial charge in [0.25, 0.3) is 0 Å². The van der Waals surface area contributed by atoms with Crippen LogP contribution in [0.4, 0.5) is 0 Å². The number of rotatable bonds is 7. The summed E-state index contributed by atoms with van der Waals surface area (Å²) < 4.78 is 0. The van der Waals surface area contributed by atoms with E-state index in [0.29, 0.717) is 11.8 Å². The summed E-state index contributed by atoms with van der Waals surface area (Å²) in [5.74, 6) is 0.487. The van der Waals surface area contributed by atoms with Gasteiger partial charge in [-0.2, -0.15) is 0 Å². The summed E-state index contributed by atoms with van der Waals surface area (Å²) in [7, 11) is 0. The molecule has 0 radical (unpaired) electrons. The van der Waals surface area contributed by atoms with Gasteiger partial charge >= 0.3 is 0 Å². The molecule has 1 aromatic heterocycles. The molecule has 2 nitrogen and oxygen atoms in total. The first-order valence-corrected chi connectivity index (χ1v) is 9.72. The average molecular weight is 330 g/mol. The normalized spacial score (nSPS) is 17.4. The fourth-order valence-electron chi connectivity index (χ4n) is 3.75. The van der Waals surface area contributed by atoms with Crippen molar-refractivity contribution < 1.29 is 5.11 Å². The second-order valence-electron chi connectivity index (χ2n) is 6.53. The number of nitrogens with zero attached hydrogens (tertiary/aromatic N) is 1. The average Bonchev–Trinajstić information content (AvgIpc) is 3.07. The van der Waals surface area contributed by atoms with Crippen molar-refractivity contribution in [2.24, 2.45) is 0 Å². The van der Waals surface area contributed by atoms with Crippen LogP contribution in [0, 0.1) is 0 Å². The number of benzene rings is 1. The third-order valence-corrected chi connectivity index (χ3v) is 5.84. The van der Waals surface area contributed by atoms with Crippen LogP contribution in [-0.4, -0.2) is 29.1 Å². The van der Waals surface area contributed by atoms with Crippen molar-refractivity contribution in [3.05, 3.63) is 51.7 Å². The predicted octanol–water partition coefficient (Wildman–Crippen LogP) is 4.66. The van der Waals surface area contributed by atoms with Crippen LogP contribution in [-0.2, 0) is 19.3 Å². The minimum atomic E-state index is 0.487. The molecule has 2 aromatic rings. The fourth-order valence-corrected chi connectivity index (χ4v) is 4.51. The molecule has 1 aliphatic carbocycles. The van der Waals surface area contributed by atoms with Gasteiger partial charge in [0, 0.05) is 10.9 Å². The van der Waals surface area contributed by atoms with Crippen LogP contribution in [0.2, 0.25) is 0 Å². The minimum Gasteiger partial charge on any atom is -0.508 e. The Labute approximate surface area is 143 Å². The Morgan fingerprint density at radius 1 is 1.22 bits per heavy atom. The van der Waals surface area contributed by atoms with Crippen LogP contribution >= 0.6 is 11.3 Å². The van der Waals surface area contributed by atoms with Gasteiger partial charge in [-0.15, -0.1) is 11.3 Å². The van der Waals surface area contributed by atoms with Crippen molar-refractivity contribution in [1.82, 2.24) is 4.90 Å². The molecule has 124 valence electrons. The Morgan fingerprint density at radius 2 is 2.13 bits per heavy atom. The van der Waals surface area contributed by atoms with Crippen molar-refractivity contribution in [3.8, 4) is 5.75 Å². The number of aryl methyl sites for hydroxylation is 1. The quantitative estimate of drug-likeness (QED) is 0.799. The summed E-state index contributed by atoms with van der Waals surface area (Å²) >= 11 is 1.87. The number of phenols is 1. The van der Waals surface area contributed by atoms with Gasteiger partial charge < -0.3 is 10.0 Å². The van der Waals surface area contributed by atoms with E-state index >= 15 is 0 Å². The molecule has 0 aliphatic heterocycles. The third kappa shape index (κ3) is 4.15. The van der Waals surface area contributed by atoms with Gasteiger partial charge in [-0.05, 0) is 80.3 Å². The van der Waals surface area contributed by atoms with E-state index in [0.717, 1.165) is 12.8 Å². The molecule has 23 heavy (non-hydrogen) atoms. The molecule has 0 saturated carbocycles. The molecule has 3 rings (SSSR count). The monoisotopic (exact) mass is 329 g/mol. The van der Waals surface area contributed by atoms with E-state index in [1.165, 1.54) is 54.8 Å². The lowest BCUT2D eigenvalue weighted by Crippen LogP contribution is -2.40. The van der Waals surface area contributed by atoms with Crippen molar-refractivity contribution >= 4 is 11.3 Å². The summed E-state index contributed by atoms with van der Waals surface area (Å²) in [6.45, 7) is 4.64. The number of fused-ring (bicyclic) bond motifs is 1. The van der Waals surface area contributed by atoms with Crippen molar-refractivity contribution in [2.45, 2.75) is 51.5 Å². The largest absolute Gasteiger partial charge is 0.508 e. The maximum absolute atomic E-state index is 10.0. The van der Waals surface area contributed by atoms with Crippen LogP contribution in [0.25, 0.3) is 0 Å². The first-order chi connectivity index (χ1) is 11.3. The summed E-state index contributed by atoms with van der Waals surface area (Å²) in [6, 6.07) is 11.0. The Kier molecular flexibility index (Phi) is 5.74. The SMILES string of the molecule is CCCN(CCCc1cccs1)[C@H]1CCc2c(O)cccc2C1. The van der Waals surface area contributed by atoms with Crippen LogP contribution in [0.1, 0.15) is 42.2 Å². The molecule has 0 saturated heterocycles. The number of thiophene rings is 1. The molecule has 1 aliphatic rings. The number of hydrogen-bond donors (Lipinski definition) is 1. The molecular formula is C20H27NOS. The zero-order valence-corrected chi connectivity index (χ0v) is 14.8. The molecule has 0 unspecified atom stereocenters. The van der Waals surface area contributed by atoms with E-state index in [2.05, 4.69) is 35.4 Å². The van der Waals surface area contributed by atoms with Crippen LogP contribution in [0.15, 0.2) is 35.7 Å². The van der Waals surface area contributed by atoms with Gasteiger partial charge in [0.15, 0.2) is 0 Å². The lowest BCUT2D eigenvalue weighted by atomic mass is 9.86. The number of hydrogen-bond acceptors (Lipinski definition) is 3. The van der Waals surface area contributed by atoms with Crippen LogP contribution in [0.3, 0.4) is 0 Å². The molecule has 0 fully saturated rings. The summed E-state index contributed by atoms with van der Waals surface area (Å²) in [5, 5.41) is 12.2. The smallest absolute Gasteiger partial charge is 0.119 e. The summed E-state index contributed by atoms with van der Waals surface area (Å²) in [6.07, 6.45) is 6.92. The van der Waals surface area contributed by atoms with Crippen molar-refractivity contribution in [3.63, 3.8) is 0 Å². The Balaban J connectivity index is 1.60. The van der Waals surface area contributed by atoms with E-state index in [1.807, 2.05) is 23.5 Å². The summed E-state index contributed by atoms with van der Waals surface area (Å²) in [4.78, 5) is 4.18. The van der Waals surface area contributed by atoms with Crippen molar-refractivity contribution in [1.29, 1.82) is 0 Å². The van der Waals surface area contributed by atoms with Gasteiger partial charge in [0.1, 0.15) is 5.75 Å². The minimum absolute atomic E-state index is 0.487. The molecular weight excluding hydrogens is 302 g/mol. The molecule has 1 aromatic carbocycles. The molecule has 1 heterocycles. The van der Waals surface area contributed by atoms with Gasteiger partial charge in [-0.3, -0.25) is 0 Å². The maximum Gasteiger partial charge on any atom is 0.119 e. The van der Waals surface area contributed by atoms with E-state index in [4.69, 9.17) is 0 Å². The zero-order valence-electron chi connectivity index (χ0n) is 14.0. The van der Waals surface area contributed by atoms with Crippen LogP contribution < -0.4 is 0 Å². The third-order valence-electron chi connectivity index (χ3n) is 4.91. The molecule has 3 heteroatoms. The lowest BCUT2D eigenvalue weighted by Gasteiger charge is -2.35. The van der Waals surface area contributed by atoms with Gasteiger partial charge in [-0.25, -0.2) is 0 Å². The fraction of sp³-hybridized carbons (Fsp3) is 0.500. The first kappa shape index (κ1) is 16.5. The Hall–Kier alpha value is -1.32. The molecule has 1 N–H and O–H groups in total. The van der Waals surface area contributed by atoms with Gasteiger partial charge in [-0.1, -0.05) is 25.1 Å². The van der Waals surface area contributed by atoms with E-state index < -0.39 is 0 Å². The van der Waals surface area contributed by atoms with Crippen LogP contribution in [0.5, 0.6) is 5.75 Å². The van der Waals surface area contributed by atoms with Crippen molar-refractivity contribution in [2.75, 3.05) is 13.1 Å². The maximum atomic E-state index is 10.0. The highest BCUT2D eigenvalue weighted by Gasteiger charge is 2.24. The number of phenolic OH excluding ortho intramolecular Hbond substituents is 1. The number of aromatic hydroxyl groups is 1. The highest BCUT2D eigenvalue weighted by Crippen LogP contribution is 2.30. The molecule has 0 spiro atoms. The topological polar surface area (TPSA) is 23.5 Å². The predicted molar refractivity (Wildman–Crippen MR) is 98.4 cm³/mol.